The van der Waals surface area contributed by atoms with E-state index in [1.54, 1.807) is 29.4 Å². The molecule has 0 N–H and O–H groups in total. The lowest BCUT2D eigenvalue weighted by Crippen LogP contribution is -2.43. The van der Waals surface area contributed by atoms with Gasteiger partial charge in [-0.3, -0.25) is 4.98 Å². The Morgan fingerprint density at radius 1 is 1.24 bits per heavy atom. The number of carbonyl (C=O) groups is 1. The van der Waals surface area contributed by atoms with Crippen molar-refractivity contribution in [1.82, 2.24) is 14.2 Å². The van der Waals surface area contributed by atoms with E-state index in [0.717, 1.165) is 11.8 Å². The van der Waals surface area contributed by atoms with Crippen molar-refractivity contribution >= 4 is 42.8 Å². The quantitative estimate of drug-likeness (QED) is 0.653. The third-order valence-corrected chi connectivity index (χ3v) is 7.93. The summed E-state index contributed by atoms with van der Waals surface area (Å²) in [6, 6.07) is 5.05. The molecule has 7 nitrogen and oxygen atoms in total. The summed E-state index contributed by atoms with van der Waals surface area (Å²) in [5.74, 6) is 0.123. The second-order valence-electron chi connectivity index (χ2n) is 8.59. The lowest BCUT2D eigenvalue weighted by molar-refractivity contribution is 0.0223. The predicted molar refractivity (Wildman–Crippen MR) is 113 cm³/mol. The number of carbonyl (C=O) groups excluding carboxylic acids is 1. The minimum atomic E-state index is -3.72. The van der Waals surface area contributed by atoms with Crippen LogP contribution in [0.4, 0.5) is 4.79 Å². The van der Waals surface area contributed by atoms with Crippen LogP contribution in [0.5, 0.6) is 0 Å². The van der Waals surface area contributed by atoms with Crippen LogP contribution >= 0.6 is 15.9 Å². The lowest BCUT2D eigenvalue weighted by atomic mass is 10.1. The first-order chi connectivity index (χ1) is 13.6. The highest BCUT2D eigenvalue weighted by molar-refractivity contribution is 9.10. The van der Waals surface area contributed by atoms with E-state index < -0.39 is 15.6 Å². The second kappa shape index (κ2) is 7.21. The molecule has 1 amide bonds. The molecule has 1 aromatic carbocycles. The van der Waals surface area contributed by atoms with Gasteiger partial charge in [0, 0.05) is 47.3 Å². The van der Waals surface area contributed by atoms with E-state index in [9.17, 15) is 13.2 Å². The van der Waals surface area contributed by atoms with Crippen LogP contribution in [0, 0.1) is 5.92 Å². The van der Waals surface area contributed by atoms with Crippen molar-refractivity contribution in [3.63, 3.8) is 0 Å². The average molecular weight is 482 g/mol. The van der Waals surface area contributed by atoms with Crippen LogP contribution in [0.3, 0.4) is 0 Å². The topological polar surface area (TPSA) is 79.8 Å². The molecule has 0 saturated carbocycles. The molecule has 2 aliphatic heterocycles. The number of hydrogen-bond donors (Lipinski definition) is 0. The molecule has 2 atom stereocenters. The number of sulfonamides is 1. The van der Waals surface area contributed by atoms with Crippen molar-refractivity contribution in [2.24, 2.45) is 5.92 Å². The minimum absolute atomic E-state index is 0.123. The Labute approximate surface area is 179 Å². The van der Waals surface area contributed by atoms with Gasteiger partial charge in [-0.05, 0) is 55.1 Å². The van der Waals surface area contributed by atoms with Crippen LogP contribution < -0.4 is 0 Å². The Hall–Kier alpha value is -1.71. The summed E-state index contributed by atoms with van der Waals surface area (Å²) in [5.41, 5.74) is -0.581. The Morgan fingerprint density at radius 3 is 2.72 bits per heavy atom. The van der Waals surface area contributed by atoms with E-state index in [-0.39, 0.29) is 29.5 Å². The Bertz CT molecular complexity index is 1060. The molecule has 9 heteroatoms. The van der Waals surface area contributed by atoms with Gasteiger partial charge in [-0.25, -0.2) is 13.2 Å². The van der Waals surface area contributed by atoms with E-state index in [2.05, 4.69) is 20.9 Å². The van der Waals surface area contributed by atoms with Crippen LogP contribution in [0.25, 0.3) is 10.8 Å². The molecule has 3 heterocycles. The van der Waals surface area contributed by atoms with Crippen molar-refractivity contribution in [3.05, 3.63) is 35.1 Å². The van der Waals surface area contributed by atoms with Gasteiger partial charge in [0.25, 0.3) is 0 Å². The smallest absolute Gasteiger partial charge is 0.410 e. The summed E-state index contributed by atoms with van der Waals surface area (Å²) < 4.78 is 34.6. The fourth-order valence-electron chi connectivity index (χ4n) is 4.18. The van der Waals surface area contributed by atoms with Gasteiger partial charge in [0.1, 0.15) is 5.60 Å². The normalized spacial score (nSPS) is 22.8. The first-order valence-corrected chi connectivity index (χ1v) is 11.8. The third kappa shape index (κ3) is 3.75. The number of likely N-dealkylation sites (tertiary alicyclic amines) is 1. The molecule has 4 rings (SSSR count). The number of benzene rings is 1. The number of fused-ring (bicyclic) bond motifs is 2. The number of rotatable bonds is 2. The summed E-state index contributed by atoms with van der Waals surface area (Å²) in [4.78, 5) is 18.6. The largest absolute Gasteiger partial charge is 0.444 e. The number of nitrogens with zero attached hydrogens (tertiary/aromatic N) is 3. The first-order valence-electron chi connectivity index (χ1n) is 9.60. The number of aromatic nitrogens is 1. The van der Waals surface area contributed by atoms with Gasteiger partial charge in [-0.15, -0.1) is 0 Å². The van der Waals surface area contributed by atoms with E-state index in [1.807, 2.05) is 26.8 Å². The number of hydrogen-bond acceptors (Lipinski definition) is 5. The van der Waals surface area contributed by atoms with Crippen LogP contribution in [-0.2, 0) is 14.8 Å². The Morgan fingerprint density at radius 2 is 2.00 bits per heavy atom. The molecular weight excluding hydrogens is 458 g/mol. The van der Waals surface area contributed by atoms with Gasteiger partial charge >= 0.3 is 6.09 Å². The molecule has 2 aliphatic rings. The van der Waals surface area contributed by atoms with Gasteiger partial charge in [-0.2, -0.15) is 4.31 Å². The monoisotopic (exact) mass is 481 g/mol. The maximum absolute atomic E-state index is 13.5. The molecule has 0 aliphatic carbocycles. The minimum Gasteiger partial charge on any atom is -0.444 e. The van der Waals surface area contributed by atoms with Crippen LogP contribution in [0.2, 0.25) is 0 Å². The molecule has 0 spiro atoms. The molecule has 2 fully saturated rings. The highest BCUT2D eigenvalue weighted by Crippen LogP contribution is 2.37. The number of ether oxygens (including phenoxy) is 1. The zero-order valence-electron chi connectivity index (χ0n) is 16.6. The average Bonchev–Trinajstić information content (AvgIpc) is 3.21. The van der Waals surface area contributed by atoms with Crippen LogP contribution in [0.15, 0.2) is 40.0 Å². The SMILES string of the molecule is CC(C)(C)OC(=O)N1CCC2CN(S(=O)(=O)c3cccc4cncc(Br)c34)CC21. The van der Waals surface area contributed by atoms with Crippen molar-refractivity contribution in [1.29, 1.82) is 0 Å². The molecule has 2 unspecified atom stereocenters. The molecule has 0 bridgehead atoms. The first kappa shape index (κ1) is 20.6. The summed E-state index contributed by atoms with van der Waals surface area (Å²) in [5, 5.41) is 1.39. The van der Waals surface area contributed by atoms with Gasteiger partial charge < -0.3 is 9.64 Å². The van der Waals surface area contributed by atoms with Crippen molar-refractivity contribution in [3.8, 4) is 0 Å². The predicted octanol–water partition coefficient (Wildman–Crippen LogP) is 3.63. The fraction of sp³-hybridized carbons (Fsp3) is 0.500. The van der Waals surface area contributed by atoms with Crippen LogP contribution in [0.1, 0.15) is 27.2 Å². The van der Waals surface area contributed by atoms with E-state index in [4.69, 9.17) is 4.74 Å². The van der Waals surface area contributed by atoms with Gasteiger partial charge in [0.05, 0.1) is 10.9 Å². The molecular formula is C20H24BrN3O4S. The maximum Gasteiger partial charge on any atom is 0.410 e. The Kier molecular flexibility index (Phi) is 5.11. The van der Waals surface area contributed by atoms with Gasteiger partial charge in [0.2, 0.25) is 10.0 Å². The third-order valence-electron chi connectivity index (χ3n) is 5.46. The van der Waals surface area contributed by atoms with Gasteiger partial charge in [-0.1, -0.05) is 12.1 Å². The molecule has 29 heavy (non-hydrogen) atoms. The highest BCUT2D eigenvalue weighted by Gasteiger charge is 2.48. The van der Waals surface area contributed by atoms with E-state index in [0.29, 0.717) is 22.9 Å². The van der Waals surface area contributed by atoms with Gasteiger partial charge in [0.15, 0.2) is 0 Å². The van der Waals surface area contributed by atoms with E-state index in [1.165, 1.54) is 4.31 Å². The molecule has 0 radical (unpaired) electrons. The number of amides is 1. The summed E-state index contributed by atoms with van der Waals surface area (Å²) in [6.07, 6.45) is 3.66. The number of halogens is 1. The van der Waals surface area contributed by atoms with E-state index >= 15 is 0 Å². The van der Waals surface area contributed by atoms with Crippen LogP contribution in [-0.4, -0.2) is 60.0 Å². The summed E-state index contributed by atoms with van der Waals surface area (Å²) >= 11 is 3.44. The fourth-order valence-corrected chi connectivity index (χ4v) is 6.62. The van der Waals surface area contributed by atoms with Crippen molar-refractivity contribution in [2.75, 3.05) is 19.6 Å². The lowest BCUT2D eigenvalue weighted by Gasteiger charge is -2.28. The zero-order chi connectivity index (χ0) is 21.0. The molecule has 2 aromatic rings. The summed E-state index contributed by atoms with van der Waals surface area (Å²) in [6.45, 7) is 6.78. The zero-order valence-corrected chi connectivity index (χ0v) is 19.0. The molecule has 1 aromatic heterocycles. The molecule has 156 valence electrons. The molecule has 2 saturated heterocycles. The summed E-state index contributed by atoms with van der Waals surface area (Å²) in [7, 11) is -3.72. The number of pyridine rings is 1. The maximum atomic E-state index is 13.5. The Balaban J connectivity index is 1.62. The second-order valence-corrected chi connectivity index (χ2v) is 11.3. The highest BCUT2D eigenvalue weighted by atomic mass is 79.9. The van der Waals surface area contributed by atoms with Crippen molar-refractivity contribution < 1.29 is 17.9 Å². The standard InChI is InChI=1S/C20H24BrN3O4S/c1-20(2,3)28-19(25)24-8-7-14-11-23(12-16(14)24)29(26,27)17-6-4-5-13-9-22-10-15(21)18(13)17/h4-6,9-10,14,16H,7-8,11-12H2,1-3H3. The van der Waals surface area contributed by atoms with Crippen molar-refractivity contribution in [2.45, 2.75) is 43.7 Å².